The van der Waals surface area contributed by atoms with Crippen molar-refractivity contribution in [2.45, 2.75) is 32.6 Å². The predicted molar refractivity (Wildman–Crippen MR) is 85.7 cm³/mol. The molecule has 5 nitrogen and oxygen atoms in total. The van der Waals surface area contributed by atoms with E-state index in [-0.39, 0.29) is 5.75 Å². The molecule has 21 heavy (non-hydrogen) atoms. The standard InChI is InChI=1S/C15H23N3O2S/c1-3-4-12-21(19,20)16-11-7-10-15-17-13-8-5-6-9-14(13)18(15)2/h5-6,8-9,16H,3-4,7,10-12H2,1-2H3. The first-order valence-electron chi connectivity index (χ1n) is 7.41. The first kappa shape index (κ1) is 16.0. The number of nitrogens with one attached hydrogen (secondary N) is 1. The van der Waals surface area contributed by atoms with Crippen LogP contribution < -0.4 is 4.72 Å². The Bertz CT molecular complexity index is 692. The van der Waals surface area contributed by atoms with Gasteiger partial charge >= 0.3 is 0 Å². The van der Waals surface area contributed by atoms with Crippen molar-refractivity contribution in [1.82, 2.24) is 14.3 Å². The molecule has 0 radical (unpaired) electrons. The number of hydrogen-bond donors (Lipinski definition) is 1. The van der Waals surface area contributed by atoms with Gasteiger partial charge in [-0.3, -0.25) is 0 Å². The Hall–Kier alpha value is -1.40. The molecular formula is C15H23N3O2S. The number of para-hydroxylation sites is 2. The molecule has 0 bridgehead atoms. The van der Waals surface area contributed by atoms with Gasteiger partial charge in [0.2, 0.25) is 10.0 Å². The molecular weight excluding hydrogens is 286 g/mol. The summed E-state index contributed by atoms with van der Waals surface area (Å²) in [5.74, 6) is 1.21. The van der Waals surface area contributed by atoms with E-state index in [1.54, 1.807) is 0 Å². The number of imidazole rings is 1. The summed E-state index contributed by atoms with van der Waals surface area (Å²) in [6.07, 6.45) is 3.12. The van der Waals surface area contributed by atoms with Gasteiger partial charge in [0.1, 0.15) is 5.82 Å². The third-order valence-electron chi connectivity index (χ3n) is 3.55. The fraction of sp³-hybridized carbons (Fsp3) is 0.533. The largest absolute Gasteiger partial charge is 0.331 e. The van der Waals surface area contributed by atoms with Crippen LogP contribution in [0.15, 0.2) is 24.3 Å². The van der Waals surface area contributed by atoms with Crippen molar-refractivity contribution < 1.29 is 8.42 Å². The molecule has 0 saturated heterocycles. The molecule has 1 aromatic carbocycles. The lowest BCUT2D eigenvalue weighted by Crippen LogP contribution is -2.27. The van der Waals surface area contributed by atoms with Crippen LogP contribution in [0.3, 0.4) is 0 Å². The van der Waals surface area contributed by atoms with Crippen LogP contribution in [0.2, 0.25) is 0 Å². The summed E-state index contributed by atoms with van der Waals surface area (Å²) in [4.78, 5) is 4.58. The van der Waals surface area contributed by atoms with Gasteiger partial charge in [0.05, 0.1) is 16.8 Å². The van der Waals surface area contributed by atoms with Crippen molar-refractivity contribution in [2.75, 3.05) is 12.3 Å². The zero-order valence-electron chi connectivity index (χ0n) is 12.7. The molecule has 0 amide bonds. The number of aromatic nitrogens is 2. The summed E-state index contributed by atoms with van der Waals surface area (Å²) in [5, 5.41) is 0. The number of rotatable bonds is 8. The summed E-state index contributed by atoms with van der Waals surface area (Å²) in [5.41, 5.74) is 2.09. The smallest absolute Gasteiger partial charge is 0.211 e. The minimum Gasteiger partial charge on any atom is -0.331 e. The Morgan fingerprint density at radius 1 is 1.24 bits per heavy atom. The van der Waals surface area contributed by atoms with Crippen molar-refractivity contribution in [2.24, 2.45) is 7.05 Å². The second-order valence-corrected chi connectivity index (χ2v) is 7.17. The number of sulfonamides is 1. The highest BCUT2D eigenvalue weighted by molar-refractivity contribution is 7.89. The highest BCUT2D eigenvalue weighted by Gasteiger charge is 2.10. The monoisotopic (exact) mass is 309 g/mol. The predicted octanol–water partition coefficient (Wildman–Crippen LogP) is 2.23. The van der Waals surface area contributed by atoms with Gasteiger partial charge in [0.15, 0.2) is 0 Å². The number of fused-ring (bicyclic) bond motifs is 1. The molecule has 0 aliphatic rings. The molecule has 2 aromatic rings. The zero-order valence-corrected chi connectivity index (χ0v) is 13.5. The van der Waals surface area contributed by atoms with Crippen molar-refractivity contribution in [3.8, 4) is 0 Å². The molecule has 0 spiro atoms. The van der Waals surface area contributed by atoms with E-state index in [1.807, 2.05) is 38.2 Å². The van der Waals surface area contributed by atoms with E-state index in [9.17, 15) is 8.42 Å². The second-order valence-electron chi connectivity index (χ2n) is 5.25. The topological polar surface area (TPSA) is 64.0 Å². The van der Waals surface area contributed by atoms with E-state index < -0.39 is 10.0 Å². The highest BCUT2D eigenvalue weighted by Crippen LogP contribution is 2.15. The normalized spacial score (nSPS) is 12.1. The third kappa shape index (κ3) is 4.28. The van der Waals surface area contributed by atoms with Gasteiger partial charge in [-0.2, -0.15) is 0 Å². The Balaban J connectivity index is 1.87. The van der Waals surface area contributed by atoms with E-state index in [4.69, 9.17) is 0 Å². The van der Waals surface area contributed by atoms with Crippen LogP contribution in [-0.4, -0.2) is 30.3 Å². The van der Waals surface area contributed by atoms with Crippen molar-refractivity contribution >= 4 is 21.1 Å². The van der Waals surface area contributed by atoms with Crippen LogP contribution in [0.5, 0.6) is 0 Å². The number of benzene rings is 1. The van der Waals surface area contributed by atoms with Gasteiger partial charge in [-0.05, 0) is 25.0 Å². The molecule has 6 heteroatoms. The number of hydrogen-bond acceptors (Lipinski definition) is 3. The molecule has 0 unspecified atom stereocenters. The summed E-state index contributed by atoms with van der Waals surface area (Å²) in [6.45, 7) is 2.45. The van der Waals surface area contributed by atoms with Crippen molar-refractivity contribution in [3.05, 3.63) is 30.1 Å². The van der Waals surface area contributed by atoms with E-state index in [0.29, 0.717) is 13.0 Å². The zero-order chi connectivity index (χ0) is 15.3. The van der Waals surface area contributed by atoms with Gasteiger partial charge < -0.3 is 4.57 Å². The number of nitrogens with zero attached hydrogens (tertiary/aromatic N) is 2. The summed E-state index contributed by atoms with van der Waals surface area (Å²) < 4.78 is 28.1. The molecule has 116 valence electrons. The van der Waals surface area contributed by atoms with E-state index in [1.165, 1.54) is 0 Å². The summed E-state index contributed by atoms with van der Waals surface area (Å²) in [7, 11) is -1.11. The Kier molecular flexibility index (Phi) is 5.36. The average molecular weight is 309 g/mol. The van der Waals surface area contributed by atoms with Crippen molar-refractivity contribution in [1.29, 1.82) is 0 Å². The fourth-order valence-electron chi connectivity index (χ4n) is 2.30. The van der Waals surface area contributed by atoms with Crippen LogP contribution in [-0.2, 0) is 23.5 Å². The quantitative estimate of drug-likeness (QED) is 0.761. The first-order valence-corrected chi connectivity index (χ1v) is 9.06. The molecule has 1 N–H and O–H groups in total. The molecule has 1 heterocycles. The van der Waals surface area contributed by atoms with Gasteiger partial charge in [-0.15, -0.1) is 0 Å². The van der Waals surface area contributed by atoms with Gasteiger partial charge in [0.25, 0.3) is 0 Å². The Morgan fingerprint density at radius 3 is 2.71 bits per heavy atom. The highest BCUT2D eigenvalue weighted by atomic mass is 32.2. The Labute approximate surface area is 126 Å². The minimum absolute atomic E-state index is 0.218. The van der Waals surface area contributed by atoms with Crippen LogP contribution in [0.1, 0.15) is 32.0 Å². The molecule has 0 fully saturated rings. The molecule has 2 rings (SSSR count). The number of aryl methyl sites for hydroxylation is 2. The third-order valence-corrected chi connectivity index (χ3v) is 5.02. The molecule has 0 atom stereocenters. The van der Waals surface area contributed by atoms with E-state index >= 15 is 0 Å². The second kappa shape index (κ2) is 7.04. The van der Waals surface area contributed by atoms with E-state index in [2.05, 4.69) is 14.3 Å². The lowest BCUT2D eigenvalue weighted by Gasteiger charge is -2.06. The van der Waals surface area contributed by atoms with Gasteiger partial charge in [0, 0.05) is 20.0 Å². The summed E-state index contributed by atoms with van der Waals surface area (Å²) in [6, 6.07) is 8.00. The SMILES string of the molecule is CCCCS(=O)(=O)NCCCc1nc2ccccc2n1C. The van der Waals surface area contributed by atoms with Crippen LogP contribution in [0, 0.1) is 0 Å². The Morgan fingerprint density at radius 2 is 2.00 bits per heavy atom. The average Bonchev–Trinajstić information content (AvgIpc) is 2.79. The fourth-order valence-corrected chi connectivity index (χ4v) is 3.57. The van der Waals surface area contributed by atoms with Crippen molar-refractivity contribution in [3.63, 3.8) is 0 Å². The minimum atomic E-state index is -3.11. The maximum Gasteiger partial charge on any atom is 0.211 e. The molecule has 0 saturated carbocycles. The van der Waals surface area contributed by atoms with E-state index in [0.717, 1.165) is 36.1 Å². The van der Waals surface area contributed by atoms with Gasteiger partial charge in [-0.25, -0.2) is 18.1 Å². The van der Waals surface area contributed by atoms with Crippen LogP contribution in [0.4, 0.5) is 0 Å². The first-order chi connectivity index (χ1) is 10.0. The maximum atomic E-state index is 11.7. The van der Waals surface area contributed by atoms with Gasteiger partial charge in [-0.1, -0.05) is 25.5 Å². The van der Waals surface area contributed by atoms with Crippen LogP contribution >= 0.6 is 0 Å². The van der Waals surface area contributed by atoms with Crippen LogP contribution in [0.25, 0.3) is 11.0 Å². The number of unbranched alkanes of at least 4 members (excludes halogenated alkanes) is 1. The lowest BCUT2D eigenvalue weighted by atomic mass is 10.3. The summed E-state index contributed by atoms with van der Waals surface area (Å²) >= 11 is 0. The molecule has 1 aromatic heterocycles. The lowest BCUT2D eigenvalue weighted by molar-refractivity contribution is 0.574. The maximum absolute atomic E-state index is 11.7. The molecule has 0 aliphatic heterocycles. The molecule has 0 aliphatic carbocycles.